The van der Waals surface area contributed by atoms with Crippen LogP contribution in [0.1, 0.15) is 5.56 Å². The van der Waals surface area contributed by atoms with Crippen molar-refractivity contribution in [2.24, 2.45) is 0 Å². The van der Waals surface area contributed by atoms with Gasteiger partial charge in [0.05, 0.1) is 7.11 Å². The first-order valence-electron chi connectivity index (χ1n) is 5.60. The van der Waals surface area contributed by atoms with Gasteiger partial charge in [0.15, 0.2) is 0 Å². The van der Waals surface area contributed by atoms with Gasteiger partial charge in [-0.2, -0.15) is 15.0 Å². The van der Waals surface area contributed by atoms with E-state index < -0.39 is 0 Å². The van der Waals surface area contributed by atoms with Crippen LogP contribution >= 0.6 is 11.6 Å². The highest BCUT2D eigenvalue weighted by atomic mass is 35.5. The number of halogens is 1. The van der Waals surface area contributed by atoms with Crippen LogP contribution in [0, 0.1) is 0 Å². The van der Waals surface area contributed by atoms with Gasteiger partial charge in [0.25, 0.3) is 0 Å². The van der Waals surface area contributed by atoms with Crippen molar-refractivity contribution in [1.29, 1.82) is 0 Å². The van der Waals surface area contributed by atoms with Crippen LogP contribution in [0.4, 0.5) is 11.9 Å². The summed E-state index contributed by atoms with van der Waals surface area (Å²) in [5.41, 5.74) is 6.56. The molecule has 1 aromatic carbocycles. The van der Waals surface area contributed by atoms with E-state index in [9.17, 15) is 0 Å². The number of hydrogen-bond acceptors (Lipinski definition) is 6. The van der Waals surface area contributed by atoms with Gasteiger partial charge in [-0.15, -0.1) is 0 Å². The molecule has 0 radical (unpaired) electrons. The Morgan fingerprint density at radius 1 is 1.26 bits per heavy atom. The van der Waals surface area contributed by atoms with E-state index in [4.69, 9.17) is 22.1 Å². The van der Waals surface area contributed by atoms with Gasteiger partial charge in [-0.1, -0.05) is 18.2 Å². The van der Waals surface area contributed by atoms with Crippen molar-refractivity contribution < 1.29 is 4.74 Å². The number of benzene rings is 1. The second-order valence-corrected chi connectivity index (χ2v) is 4.27. The van der Waals surface area contributed by atoms with Crippen molar-refractivity contribution in [2.75, 3.05) is 24.8 Å². The zero-order chi connectivity index (χ0) is 13.8. The van der Waals surface area contributed by atoms with E-state index in [0.717, 1.165) is 11.3 Å². The summed E-state index contributed by atoms with van der Waals surface area (Å²) >= 11 is 5.76. The molecular weight excluding hydrogens is 266 g/mol. The smallest absolute Gasteiger partial charge is 0.231 e. The lowest BCUT2D eigenvalue weighted by atomic mass is 10.2. The lowest BCUT2D eigenvalue weighted by molar-refractivity contribution is 0.409. The average molecular weight is 280 g/mol. The molecule has 100 valence electrons. The summed E-state index contributed by atoms with van der Waals surface area (Å²) in [6.07, 6.45) is 0. The molecule has 2 N–H and O–H groups in total. The minimum absolute atomic E-state index is 0.0781. The summed E-state index contributed by atoms with van der Waals surface area (Å²) in [5, 5.41) is 0.0781. The molecule has 2 rings (SSSR count). The Labute approximate surface area is 116 Å². The molecular formula is C12H14ClN5O. The Bertz CT molecular complexity index is 558. The fraction of sp³-hybridized carbons (Fsp3) is 0.250. The second-order valence-electron chi connectivity index (χ2n) is 3.93. The minimum Gasteiger partial charge on any atom is -0.496 e. The molecule has 0 saturated carbocycles. The lowest BCUT2D eigenvalue weighted by Crippen LogP contribution is -2.20. The minimum atomic E-state index is 0.0781. The van der Waals surface area contributed by atoms with Gasteiger partial charge in [0.1, 0.15) is 5.75 Å². The monoisotopic (exact) mass is 279 g/mol. The summed E-state index contributed by atoms with van der Waals surface area (Å²) < 4.78 is 5.30. The van der Waals surface area contributed by atoms with E-state index in [-0.39, 0.29) is 11.2 Å². The Balaban J connectivity index is 2.22. The predicted octanol–water partition coefficient (Wildman–Crippen LogP) is 1.75. The topological polar surface area (TPSA) is 77.2 Å². The van der Waals surface area contributed by atoms with Crippen molar-refractivity contribution in [2.45, 2.75) is 6.54 Å². The molecule has 7 heteroatoms. The Morgan fingerprint density at radius 3 is 2.68 bits per heavy atom. The van der Waals surface area contributed by atoms with Crippen LogP contribution in [0.15, 0.2) is 24.3 Å². The van der Waals surface area contributed by atoms with Crippen LogP contribution in [0.5, 0.6) is 5.75 Å². The molecule has 0 fully saturated rings. The quantitative estimate of drug-likeness (QED) is 0.919. The zero-order valence-electron chi connectivity index (χ0n) is 10.7. The molecule has 0 unspecified atom stereocenters. The maximum atomic E-state index is 5.76. The summed E-state index contributed by atoms with van der Waals surface area (Å²) in [6.45, 7) is 0.573. The van der Waals surface area contributed by atoms with Gasteiger partial charge in [-0.05, 0) is 17.7 Å². The van der Waals surface area contributed by atoms with Crippen molar-refractivity contribution in [3.8, 4) is 5.75 Å². The first-order chi connectivity index (χ1) is 9.10. The van der Waals surface area contributed by atoms with Crippen LogP contribution in [0.2, 0.25) is 5.28 Å². The number of para-hydroxylation sites is 1. The Hall–Kier alpha value is -2.08. The van der Waals surface area contributed by atoms with Crippen molar-refractivity contribution in [3.63, 3.8) is 0 Å². The van der Waals surface area contributed by atoms with Gasteiger partial charge in [-0.3, -0.25) is 0 Å². The number of nitrogens with zero attached hydrogens (tertiary/aromatic N) is 4. The van der Waals surface area contributed by atoms with Crippen LogP contribution in [-0.2, 0) is 6.54 Å². The van der Waals surface area contributed by atoms with E-state index in [1.165, 1.54) is 0 Å². The van der Waals surface area contributed by atoms with E-state index >= 15 is 0 Å². The van der Waals surface area contributed by atoms with Crippen LogP contribution in [0.3, 0.4) is 0 Å². The van der Waals surface area contributed by atoms with E-state index in [1.807, 2.05) is 36.2 Å². The highest BCUT2D eigenvalue weighted by molar-refractivity contribution is 6.28. The summed E-state index contributed by atoms with van der Waals surface area (Å²) in [6, 6.07) is 7.74. The van der Waals surface area contributed by atoms with E-state index in [1.54, 1.807) is 7.11 Å². The van der Waals surface area contributed by atoms with Gasteiger partial charge < -0.3 is 15.4 Å². The third-order valence-corrected chi connectivity index (χ3v) is 2.72. The molecule has 6 nitrogen and oxygen atoms in total. The van der Waals surface area contributed by atoms with Crippen molar-refractivity contribution in [1.82, 2.24) is 15.0 Å². The number of hydrogen-bond donors (Lipinski definition) is 1. The van der Waals surface area contributed by atoms with Gasteiger partial charge in [0.2, 0.25) is 17.2 Å². The number of aromatic nitrogens is 3. The number of ether oxygens (including phenoxy) is 1. The zero-order valence-corrected chi connectivity index (χ0v) is 11.4. The lowest BCUT2D eigenvalue weighted by Gasteiger charge is -2.18. The third-order valence-electron chi connectivity index (χ3n) is 2.56. The van der Waals surface area contributed by atoms with Gasteiger partial charge in [-0.25, -0.2) is 0 Å². The van der Waals surface area contributed by atoms with Crippen molar-refractivity contribution >= 4 is 23.5 Å². The number of nitrogen functional groups attached to an aromatic ring is 1. The molecule has 0 aliphatic heterocycles. The molecule has 0 aliphatic rings. The Kier molecular flexibility index (Phi) is 4.01. The predicted molar refractivity (Wildman–Crippen MR) is 74.4 cm³/mol. The van der Waals surface area contributed by atoms with Crippen LogP contribution in [-0.4, -0.2) is 29.1 Å². The normalized spacial score (nSPS) is 10.3. The molecule has 2 aromatic rings. The second kappa shape index (κ2) is 5.71. The van der Waals surface area contributed by atoms with Gasteiger partial charge in [0, 0.05) is 19.2 Å². The first kappa shape index (κ1) is 13.4. The highest BCUT2D eigenvalue weighted by Gasteiger charge is 2.10. The molecule has 0 saturated heterocycles. The fourth-order valence-corrected chi connectivity index (χ4v) is 1.85. The summed E-state index contributed by atoms with van der Waals surface area (Å²) in [5.74, 6) is 1.33. The Morgan fingerprint density at radius 2 is 2.00 bits per heavy atom. The van der Waals surface area contributed by atoms with Gasteiger partial charge >= 0.3 is 0 Å². The first-order valence-corrected chi connectivity index (χ1v) is 5.98. The molecule has 0 spiro atoms. The fourth-order valence-electron chi connectivity index (χ4n) is 1.69. The number of methoxy groups -OCH3 is 1. The SMILES string of the molecule is COc1ccccc1CN(C)c1nc(N)nc(Cl)n1. The van der Waals surface area contributed by atoms with Crippen LogP contribution in [0.25, 0.3) is 0 Å². The van der Waals surface area contributed by atoms with Crippen molar-refractivity contribution in [3.05, 3.63) is 35.1 Å². The average Bonchev–Trinajstić information content (AvgIpc) is 2.38. The molecule has 0 bridgehead atoms. The number of anilines is 2. The third kappa shape index (κ3) is 3.23. The number of rotatable bonds is 4. The summed E-state index contributed by atoms with van der Waals surface area (Å²) in [4.78, 5) is 13.6. The molecule has 0 aliphatic carbocycles. The maximum Gasteiger partial charge on any atom is 0.231 e. The number of nitrogens with two attached hydrogens (primary N) is 1. The largest absolute Gasteiger partial charge is 0.496 e. The molecule has 0 atom stereocenters. The molecule has 1 aromatic heterocycles. The van der Waals surface area contributed by atoms with Crippen LogP contribution < -0.4 is 15.4 Å². The van der Waals surface area contributed by atoms with E-state index in [2.05, 4.69) is 15.0 Å². The molecule has 0 amide bonds. The summed E-state index contributed by atoms with van der Waals surface area (Å²) in [7, 11) is 3.48. The highest BCUT2D eigenvalue weighted by Crippen LogP contribution is 2.21. The maximum absolute atomic E-state index is 5.76. The standard InChI is InChI=1S/C12H14ClN5O/c1-18(12-16-10(13)15-11(14)17-12)7-8-5-3-4-6-9(8)19-2/h3-6H,7H2,1-2H3,(H2,14,15,16,17). The molecule has 1 heterocycles. The van der Waals surface area contributed by atoms with E-state index in [0.29, 0.717) is 12.5 Å². The molecule has 19 heavy (non-hydrogen) atoms.